The Morgan fingerprint density at radius 1 is 1.61 bits per heavy atom. The molecule has 0 saturated carbocycles. The minimum absolute atomic E-state index is 0.0413. The third kappa shape index (κ3) is 3.25. The van der Waals surface area contributed by atoms with E-state index in [1.54, 1.807) is 13.0 Å². The molecule has 0 saturated heterocycles. The van der Waals surface area contributed by atoms with Crippen LogP contribution in [0.25, 0.3) is 0 Å². The molecule has 0 aliphatic rings. The molecule has 7 heteroatoms. The van der Waals surface area contributed by atoms with Gasteiger partial charge in [0, 0.05) is 6.07 Å². The lowest BCUT2D eigenvalue weighted by Crippen LogP contribution is -2.21. The largest absolute Gasteiger partial charge is 0.325 e. The van der Waals surface area contributed by atoms with Crippen LogP contribution in [-0.4, -0.2) is 10.8 Å². The van der Waals surface area contributed by atoms with Crippen molar-refractivity contribution in [3.05, 3.63) is 34.1 Å². The summed E-state index contributed by atoms with van der Waals surface area (Å²) in [4.78, 5) is 21.3. The van der Waals surface area contributed by atoms with Crippen LogP contribution >= 0.6 is 0 Å². The Morgan fingerprint density at radius 3 is 2.78 bits per heavy atom. The number of rotatable bonds is 4. The van der Waals surface area contributed by atoms with Crippen LogP contribution < -0.4 is 5.32 Å². The number of halogens is 1. The summed E-state index contributed by atoms with van der Waals surface area (Å²) < 4.78 is 13.1. The zero-order chi connectivity index (χ0) is 13.7. The van der Waals surface area contributed by atoms with Crippen LogP contribution in [0.2, 0.25) is 0 Å². The van der Waals surface area contributed by atoms with Crippen LogP contribution in [0.1, 0.15) is 13.3 Å². The van der Waals surface area contributed by atoms with Crippen LogP contribution in [0.4, 0.5) is 15.8 Å². The van der Waals surface area contributed by atoms with Crippen molar-refractivity contribution in [2.75, 3.05) is 5.32 Å². The minimum Gasteiger partial charge on any atom is -0.325 e. The number of nitro benzene ring substituents is 1. The molecule has 1 amide bonds. The number of carbonyl (C=O) groups is 1. The van der Waals surface area contributed by atoms with E-state index in [0.29, 0.717) is 6.42 Å². The quantitative estimate of drug-likeness (QED) is 0.655. The van der Waals surface area contributed by atoms with Crippen LogP contribution in [0, 0.1) is 33.2 Å². The Bertz CT molecular complexity index is 525. The number of nitrogens with zero attached hydrogens (tertiary/aromatic N) is 2. The highest BCUT2D eigenvalue weighted by Gasteiger charge is 2.17. The molecule has 0 radical (unpaired) electrons. The number of hydrogen-bond donors (Lipinski definition) is 1. The van der Waals surface area contributed by atoms with Gasteiger partial charge >= 0.3 is 0 Å². The summed E-state index contributed by atoms with van der Waals surface area (Å²) in [6, 6.07) is 4.52. The first kappa shape index (κ1) is 13.6. The van der Waals surface area contributed by atoms with Gasteiger partial charge in [-0.15, -0.1) is 0 Å². The molecule has 18 heavy (non-hydrogen) atoms. The highest BCUT2D eigenvalue weighted by molar-refractivity contribution is 5.94. The van der Waals surface area contributed by atoms with Crippen molar-refractivity contribution in [2.45, 2.75) is 13.3 Å². The molecule has 6 nitrogen and oxygen atoms in total. The Labute approximate surface area is 102 Å². The standard InChI is InChI=1S/C11H10FN3O3/c1-2-7(6-13)11(16)14-9-3-8(12)4-10(5-9)15(17)18/h3-5,7H,2H2,1H3,(H,14,16). The monoisotopic (exact) mass is 251 g/mol. The normalized spacial score (nSPS) is 11.4. The second-order valence-corrected chi connectivity index (χ2v) is 3.53. The maximum Gasteiger partial charge on any atom is 0.274 e. The highest BCUT2D eigenvalue weighted by Crippen LogP contribution is 2.20. The first-order chi connectivity index (χ1) is 8.47. The van der Waals surface area contributed by atoms with E-state index in [-0.39, 0.29) is 5.69 Å². The maximum absolute atomic E-state index is 13.1. The summed E-state index contributed by atoms with van der Waals surface area (Å²) in [5.41, 5.74) is -0.504. The molecule has 0 fully saturated rings. The summed E-state index contributed by atoms with van der Waals surface area (Å²) in [6.45, 7) is 1.65. The summed E-state index contributed by atoms with van der Waals surface area (Å²) in [5.74, 6) is -2.31. The van der Waals surface area contributed by atoms with Gasteiger partial charge < -0.3 is 5.32 Å². The lowest BCUT2D eigenvalue weighted by Gasteiger charge is -2.08. The predicted molar refractivity (Wildman–Crippen MR) is 61.1 cm³/mol. The van der Waals surface area contributed by atoms with Crippen LogP contribution in [0.5, 0.6) is 0 Å². The Balaban J connectivity index is 2.95. The zero-order valence-electron chi connectivity index (χ0n) is 9.51. The molecule has 0 spiro atoms. The second kappa shape index (κ2) is 5.72. The second-order valence-electron chi connectivity index (χ2n) is 3.53. The van der Waals surface area contributed by atoms with E-state index in [4.69, 9.17) is 5.26 Å². The minimum atomic E-state index is -0.868. The van der Waals surface area contributed by atoms with Gasteiger partial charge in [-0.25, -0.2) is 4.39 Å². The van der Waals surface area contributed by atoms with Gasteiger partial charge in [0.25, 0.3) is 5.69 Å². The van der Waals surface area contributed by atoms with Gasteiger partial charge in [-0.2, -0.15) is 5.26 Å². The highest BCUT2D eigenvalue weighted by atomic mass is 19.1. The fraction of sp³-hybridized carbons (Fsp3) is 0.273. The van der Waals surface area contributed by atoms with Crippen molar-refractivity contribution >= 4 is 17.3 Å². The number of benzene rings is 1. The van der Waals surface area contributed by atoms with Crippen molar-refractivity contribution in [3.63, 3.8) is 0 Å². The molecule has 1 N–H and O–H groups in total. The van der Waals surface area contributed by atoms with Gasteiger partial charge in [0.2, 0.25) is 5.91 Å². The molecule has 0 aliphatic heterocycles. The molecule has 0 heterocycles. The summed E-state index contributed by atoms with van der Waals surface area (Å²) >= 11 is 0. The first-order valence-electron chi connectivity index (χ1n) is 5.13. The molecule has 1 aromatic rings. The van der Waals surface area contributed by atoms with E-state index in [1.165, 1.54) is 0 Å². The Morgan fingerprint density at radius 2 is 2.28 bits per heavy atom. The number of nitrogens with one attached hydrogen (secondary N) is 1. The smallest absolute Gasteiger partial charge is 0.274 e. The summed E-state index contributed by atoms with van der Waals surface area (Å²) in [5, 5.41) is 21.5. The molecule has 1 unspecified atom stereocenters. The van der Waals surface area contributed by atoms with E-state index < -0.39 is 28.3 Å². The van der Waals surface area contributed by atoms with Crippen molar-refractivity contribution in [1.29, 1.82) is 5.26 Å². The molecule has 94 valence electrons. The molecular formula is C11H10FN3O3. The number of carbonyl (C=O) groups excluding carboxylic acids is 1. The summed E-state index contributed by atoms with van der Waals surface area (Å²) in [7, 11) is 0. The van der Waals surface area contributed by atoms with Crippen LogP contribution in [-0.2, 0) is 4.79 Å². The number of anilines is 1. The average Bonchev–Trinajstić information content (AvgIpc) is 2.29. The van der Waals surface area contributed by atoms with Crippen molar-refractivity contribution < 1.29 is 14.1 Å². The third-order valence-electron chi connectivity index (χ3n) is 2.24. The van der Waals surface area contributed by atoms with Crippen molar-refractivity contribution in [1.82, 2.24) is 0 Å². The van der Waals surface area contributed by atoms with Crippen LogP contribution in [0.3, 0.4) is 0 Å². The first-order valence-corrected chi connectivity index (χ1v) is 5.13. The van der Waals surface area contributed by atoms with E-state index in [9.17, 15) is 19.3 Å². The molecule has 1 atom stereocenters. The number of nitriles is 1. The van der Waals surface area contributed by atoms with Gasteiger partial charge in [-0.1, -0.05) is 6.92 Å². The van der Waals surface area contributed by atoms with Gasteiger partial charge in [0.1, 0.15) is 11.7 Å². The molecule has 1 rings (SSSR count). The lowest BCUT2D eigenvalue weighted by atomic mass is 10.1. The number of hydrogen-bond acceptors (Lipinski definition) is 4. The van der Waals surface area contributed by atoms with E-state index in [2.05, 4.69) is 5.32 Å². The fourth-order valence-electron chi connectivity index (χ4n) is 1.32. The molecule has 1 aromatic carbocycles. The van der Waals surface area contributed by atoms with Crippen molar-refractivity contribution in [2.24, 2.45) is 5.92 Å². The fourth-order valence-corrected chi connectivity index (χ4v) is 1.32. The molecule has 0 aromatic heterocycles. The van der Waals surface area contributed by atoms with E-state index in [1.807, 2.05) is 0 Å². The molecule has 0 bridgehead atoms. The average molecular weight is 251 g/mol. The number of amides is 1. The predicted octanol–water partition coefficient (Wildman–Crippen LogP) is 2.22. The third-order valence-corrected chi connectivity index (χ3v) is 2.24. The Kier molecular flexibility index (Phi) is 4.32. The van der Waals surface area contributed by atoms with Gasteiger partial charge in [0.15, 0.2) is 0 Å². The molecule has 0 aliphatic carbocycles. The maximum atomic E-state index is 13.1. The van der Waals surface area contributed by atoms with Gasteiger partial charge in [-0.05, 0) is 12.5 Å². The van der Waals surface area contributed by atoms with Crippen LogP contribution in [0.15, 0.2) is 18.2 Å². The molecular weight excluding hydrogens is 241 g/mol. The number of nitro groups is 1. The zero-order valence-corrected chi connectivity index (χ0v) is 9.51. The number of non-ortho nitro benzene ring substituents is 1. The van der Waals surface area contributed by atoms with Gasteiger partial charge in [0.05, 0.1) is 22.7 Å². The van der Waals surface area contributed by atoms with Crippen molar-refractivity contribution in [3.8, 4) is 6.07 Å². The Hall–Kier alpha value is -2.49. The summed E-state index contributed by atoms with van der Waals surface area (Å²) in [6.07, 6.45) is 0.305. The lowest BCUT2D eigenvalue weighted by molar-refractivity contribution is -0.385. The van der Waals surface area contributed by atoms with Gasteiger partial charge in [-0.3, -0.25) is 14.9 Å². The SMILES string of the molecule is CCC(C#N)C(=O)Nc1cc(F)cc([N+](=O)[O-])c1. The van der Waals surface area contributed by atoms with E-state index in [0.717, 1.165) is 18.2 Å². The van der Waals surface area contributed by atoms with E-state index >= 15 is 0 Å². The topological polar surface area (TPSA) is 96.0 Å².